The van der Waals surface area contributed by atoms with E-state index >= 15 is 0 Å². The van der Waals surface area contributed by atoms with Crippen LogP contribution in [0.3, 0.4) is 0 Å². The van der Waals surface area contributed by atoms with Gasteiger partial charge in [0.05, 0.1) is 32.4 Å². The van der Waals surface area contributed by atoms with Crippen molar-refractivity contribution in [2.24, 2.45) is 0 Å². The third-order valence-corrected chi connectivity index (χ3v) is 6.88. The van der Waals surface area contributed by atoms with Gasteiger partial charge in [-0.3, -0.25) is 0 Å². The summed E-state index contributed by atoms with van der Waals surface area (Å²) in [6.07, 6.45) is 3.02. The van der Waals surface area contributed by atoms with Crippen LogP contribution in [0.4, 0.5) is 0 Å². The van der Waals surface area contributed by atoms with Crippen molar-refractivity contribution in [2.75, 3.05) is 11.5 Å². The van der Waals surface area contributed by atoms with Gasteiger partial charge in [-0.25, -0.2) is 23.1 Å². The number of benzene rings is 1. The molecule has 4 rings (SSSR count). The van der Waals surface area contributed by atoms with Crippen molar-refractivity contribution >= 4 is 31.4 Å². The molecule has 1 aliphatic rings. The molecule has 0 spiro atoms. The third-order valence-electron chi connectivity index (χ3n) is 4.13. The lowest BCUT2D eigenvalue weighted by molar-refractivity contribution is 0.537. The first-order valence-corrected chi connectivity index (χ1v) is 10.1. The van der Waals surface area contributed by atoms with Gasteiger partial charge < -0.3 is 0 Å². The normalized spacial score (nSPS) is 20.8. The molecular formula is C15H16N4O2S2. The van der Waals surface area contributed by atoms with Crippen molar-refractivity contribution in [3.05, 3.63) is 35.4 Å². The maximum atomic E-state index is 11.9. The predicted molar refractivity (Wildman–Crippen MR) is 89.9 cm³/mol. The number of fused-ring (bicyclic) bond motifs is 1. The Morgan fingerprint density at radius 1 is 1.35 bits per heavy atom. The van der Waals surface area contributed by atoms with Crippen LogP contribution in [0.2, 0.25) is 0 Å². The van der Waals surface area contributed by atoms with Crippen LogP contribution in [0.1, 0.15) is 29.6 Å². The van der Waals surface area contributed by atoms with E-state index in [0.717, 1.165) is 33.2 Å². The summed E-state index contributed by atoms with van der Waals surface area (Å²) in [6, 6.07) is 5.96. The standard InChI is InChI=1S/C15H16N4O2S2/c1-10-18-13-5-4-12(7-14(13)22-10)19-15(16-9-17-19)11-3-2-6-23(20,21)8-11/h4-5,7,9,11H,2-3,6,8H2,1H3/t11-/m1/s1. The molecule has 23 heavy (non-hydrogen) atoms. The third kappa shape index (κ3) is 2.76. The molecule has 0 aliphatic carbocycles. The number of nitrogens with zero attached hydrogens (tertiary/aromatic N) is 4. The van der Waals surface area contributed by atoms with Crippen molar-refractivity contribution in [3.8, 4) is 5.69 Å². The van der Waals surface area contributed by atoms with Crippen LogP contribution in [-0.4, -0.2) is 39.7 Å². The van der Waals surface area contributed by atoms with Crippen LogP contribution in [0, 0.1) is 6.92 Å². The van der Waals surface area contributed by atoms with Crippen molar-refractivity contribution in [3.63, 3.8) is 0 Å². The summed E-state index contributed by atoms with van der Waals surface area (Å²) >= 11 is 1.64. The number of aryl methyl sites for hydroxylation is 1. The zero-order valence-electron chi connectivity index (χ0n) is 12.6. The van der Waals surface area contributed by atoms with Gasteiger partial charge in [-0.2, -0.15) is 5.10 Å². The van der Waals surface area contributed by atoms with E-state index in [4.69, 9.17) is 0 Å². The highest BCUT2D eigenvalue weighted by Gasteiger charge is 2.29. The Hall–Kier alpha value is -1.80. The van der Waals surface area contributed by atoms with E-state index in [1.165, 1.54) is 6.33 Å². The second-order valence-corrected chi connectivity index (χ2v) is 9.33. The molecule has 1 aliphatic heterocycles. The molecule has 3 aromatic rings. The van der Waals surface area contributed by atoms with Crippen LogP contribution < -0.4 is 0 Å². The van der Waals surface area contributed by atoms with Crippen LogP contribution in [0.15, 0.2) is 24.5 Å². The highest BCUT2D eigenvalue weighted by Crippen LogP contribution is 2.29. The van der Waals surface area contributed by atoms with Crippen molar-refractivity contribution in [1.29, 1.82) is 0 Å². The summed E-state index contributed by atoms with van der Waals surface area (Å²) in [5, 5.41) is 5.34. The van der Waals surface area contributed by atoms with E-state index in [2.05, 4.69) is 15.1 Å². The highest BCUT2D eigenvalue weighted by molar-refractivity contribution is 7.91. The molecule has 2 aromatic heterocycles. The number of sulfone groups is 1. The molecule has 3 heterocycles. The molecule has 8 heteroatoms. The molecule has 1 saturated heterocycles. The molecule has 1 fully saturated rings. The van der Waals surface area contributed by atoms with Crippen LogP contribution in [0.25, 0.3) is 15.9 Å². The summed E-state index contributed by atoms with van der Waals surface area (Å²) in [4.78, 5) is 8.80. The number of hydrogen-bond donors (Lipinski definition) is 0. The molecule has 6 nitrogen and oxygen atoms in total. The lowest BCUT2D eigenvalue weighted by atomic mass is 10.0. The molecule has 0 saturated carbocycles. The van der Waals surface area contributed by atoms with Crippen molar-refractivity contribution in [1.82, 2.24) is 19.7 Å². The maximum Gasteiger partial charge on any atom is 0.151 e. The van der Waals surface area contributed by atoms with Gasteiger partial charge in [0.2, 0.25) is 0 Å². The zero-order chi connectivity index (χ0) is 16.0. The molecule has 0 amide bonds. The van der Waals surface area contributed by atoms with Crippen LogP contribution in [-0.2, 0) is 9.84 Å². The van der Waals surface area contributed by atoms with Crippen molar-refractivity contribution in [2.45, 2.75) is 25.7 Å². The topological polar surface area (TPSA) is 77.7 Å². The fourth-order valence-electron chi connectivity index (χ4n) is 3.11. The van der Waals surface area contributed by atoms with E-state index in [0.29, 0.717) is 6.42 Å². The van der Waals surface area contributed by atoms with E-state index < -0.39 is 9.84 Å². The van der Waals surface area contributed by atoms with Gasteiger partial charge in [-0.1, -0.05) is 0 Å². The predicted octanol–water partition coefficient (Wildman–Crippen LogP) is 2.48. The van der Waals surface area contributed by atoms with Gasteiger partial charge in [-0.15, -0.1) is 11.3 Å². The second kappa shape index (κ2) is 5.38. The molecule has 120 valence electrons. The first-order valence-electron chi connectivity index (χ1n) is 7.50. The Balaban J connectivity index is 1.76. The Morgan fingerprint density at radius 2 is 2.22 bits per heavy atom. The number of aromatic nitrogens is 4. The average molecular weight is 348 g/mol. The van der Waals surface area contributed by atoms with Crippen LogP contribution >= 0.6 is 11.3 Å². The van der Waals surface area contributed by atoms with E-state index in [9.17, 15) is 8.42 Å². The molecule has 0 bridgehead atoms. The van der Waals surface area contributed by atoms with E-state index in [1.807, 2.05) is 25.1 Å². The van der Waals surface area contributed by atoms with Crippen molar-refractivity contribution < 1.29 is 8.42 Å². The zero-order valence-corrected chi connectivity index (χ0v) is 14.3. The Morgan fingerprint density at radius 3 is 3.04 bits per heavy atom. The molecule has 0 unspecified atom stereocenters. The smallest absolute Gasteiger partial charge is 0.151 e. The summed E-state index contributed by atoms with van der Waals surface area (Å²) in [7, 11) is -2.98. The van der Waals surface area contributed by atoms with Crippen LogP contribution in [0.5, 0.6) is 0 Å². The minimum Gasteiger partial charge on any atom is -0.242 e. The SMILES string of the molecule is Cc1nc2ccc(-n3ncnc3[C@@H]3CCCS(=O)(=O)C3)cc2s1. The average Bonchev–Trinajstić information content (AvgIpc) is 3.10. The van der Waals surface area contributed by atoms with Gasteiger partial charge in [0.25, 0.3) is 0 Å². The summed E-state index contributed by atoms with van der Waals surface area (Å²) in [6.45, 7) is 1.98. The fourth-order valence-corrected chi connectivity index (χ4v) is 5.68. The summed E-state index contributed by atoms with van der Waals surface area (Å²) < 4.78 is 26.7. The second-order valence-electron chi connectivity index (χ2n) is 5.87. The lowest BCUT2D eigenvalue weighted by Gasteiger charge is -2.21. The Kier molecular flexibility index (Phi) is 3.46. The monoisotopic (exact) mass is 348 g/mol. The lowest BCUT2D eigenvalue weighted by Crippen LogP contribution is -2.25. The van der Waals surface area contributed by atoms with Gasteiger partial charge in [0, 0.05) is 5.92 Å². The Labute approximate surface area is 138 Å². The molecule has 1 atom stereocenters. The summed E-state index contributed by atoms with van der Waals surface area (Å²) in [5.41, 5.74) is 1.87. The fraction of sp³-hybridized carbons (Fsp3) is 0.400. The number of hydrogen-bond acceptors (Lipinski definition) is 6. The first kappa shape index (κ1) is 14.8. The summed E-state index contributed by atoms with van der Waals surface area (Å²) in [5.74, 6) is 1.08. The number of thiazole rings is 1. The van der Waals surface area contributed by atoms with Gasteiger partial charge >= 0.3 is 0 Å². The Bertz CT molecular complexity index is 974. The largest absolute Gasteiger partial charge is 0.242 e. The highest BCUT2D eigenvalue weighted by atomic mass is 32.2. The molecule has 0 N–H and O–H groups in total. The first-order chi connectivity index (χ1) is 11.0. The minimum atomic E-state index is -2.98. The molecule has 1 aromatic carbocycles. The van der Waals surface area contributed by atoms with E-state index in [-0.39, 0.29) is 17.4 Å². The van der Waals surface area contributed by atoms with Gasteiger partial charge in [0.1, 0.15) is 12.2 Å². The van der Waals surface area contributed by atoms with E-state index in [1.54, 1.807) is 16.0 Å². The molecule has 0 radical (unpaired) electrons. The number of rotatable bonds is 2. The maximum absolute atomic E-state index is 11.9. The quantitative estimate of drug-likeness (QED) is 0.711. The van der Waals surface area contributed by atoms with Gasteiger partial charge in [-0.05, 0) is 38.0 Å². The van der Waals surface area contributed by atoms with Gasteiger partial charge in [0.15, 0.2) is 9.84 Å². The molecular weight excluding hydrogens is 332 g/mol. The minimum absolute atomic E-state index is 0.0878.